The summed E-state index contributed by atoms with van der Waals surface area (Å²) in [6, 6.07) is 5.11. The Labute approximate surface area is 161 Å². The first-order valence-corrected chi connectivity index (χ1v) is 8.77. The Balaban J connectivity index is 1.44. The van der Waals surface area contributed by atoms with Crippen LogP contribution in [0.3, 0.4) is 0 Å². The van der Waals surface area contributed by atoms with Gasteiger partial charge in [-0.1, -0.05) is 12.1 Å². The number of piperidine rings is 1. The standard InChI is InChI=1S/C17H15F3N6O3/c18-17(19,20)16(23-24-16)11-3-1-2-10(8-11)14(27)25-6-4-12(5-7-25)26-21-9-13(22-26)15(28)29/h1-3,8-9,12H,4-7H2,(H,28,29). The smallest absolute Gasteiger partial charge is 0.442 e. The summed E-state index contributed by atoms with van der Waals surface area (Å²) in [5, 5.41) is 23.1. The van der Waals surface area contributed by atoms with Crippen LogP contribution in [-0.2, 0) is 5.66 Å². The average Bonchev–Trinajstić information content (AvgIpc) is 3.38. The lowest BCUT2D eigenvalue weighted by molar-refractivity contribution is -0.166. The van der Waals surface area contributed by atoms with Crippen molar-refractivity contribution in [2.75, 3.05) is 13.1 Å². The maximum absolute atomic E-state index is 13.2. The number of hydrogen-bond acceptors (Lipinski definition) is 6. The van der Waals surface area contributed by atoms with Crippen LogP contribution in [0, 0.1) is 0 Å². The number of halogens is 3. The summed E-state index contributed by atoms with van der Waals surface area (Å²) in [6.07, 6.45) is -2.50. The summed E-state index contributed by atoms with van der Waals surface area (Å²) in [4.78, 5) is 26.5. The number of alkyl halides is 3. The largest absolute Gasteiger partial charge is 0.476 e. The quantitative estimate of drug-likeness (QED) is 0.836. The number of carbonyl (C=O) groups is 2. The van der Waals surface area contributed by atoms with Crippen LogP contribution in [0.1, 0.15) is 45.3 Å². The van der Waals surface area contributed by atoms with E-state index in [-0.39, 0.29) is 28.8 Å². The number of hydrogen-bond donors (Lipinski definition) is 1. The summed E-state index contributed by atoms with van der Waals surface area (Å²) in [7, 11) is 0. The van der Waals surface area contributed by atoms with Crippen molar-refractivity contribution < 1.29 is 27.9 Å². The van der Waals surface area contributed by atoms with Gasteiger partial charge in [0.05, 0.1) is 12.2 Å². The van der Waals surface area contributed by atoms with Gasteiger partial charge in [-0.3, -0.25) is 4.79 Å². The zero-order valence-corrected chi connectivity index (χ0v) is 14.9. The van der Waals surface area contributed by atoms with Crippen LogP contribution in [0.4, 0.5) is 13.2 Å². The van der Waals surface area contributed by atoms with E-state index in [0.29, 0.717) is 25.9 Å². The minimum Gasteiger partial charge on any atom is -0.476 e. The van der Waals surface area contributed by atoms with Gasteiger partial charge in [0.2, 0.25) is 0 Å². The highest BCUT2D eigenvalue weighted by Crippen LogP contribution is 2.52. The summed E-state index contributed by atoms with van der Waals surface area (Å²) < 4.78 is 39.6. The molecule has 12 heteroatoms. The van der Waals surface area contributed by atoms with E-state index in [2.05, 4.69) is 20.4 Å². The highest BCUT2D eigenvalue weighted by molar-refractivity contribution is 5.94. The lowest BCUT2D eigenvalue weighted by atomic mass is 9.99. The number of amides is 1. The minimum atomic E-state index is -4.65. The molecule has 0 spiro atoms. The van der Waals surface area contributed by atoms with Crippen LogP contribution in [-0.4, -0.2) is 56.1 Å². The summed E-state index contributed by atoms with van der Waals surface area (Å²) in [5.41, 5.74) is -2.78. The maximum Gasteiger partial charge on any atom is 0.442 e. The molecule has 1 aromatic heterocycles. The van der Waals surface area contributed by atoms with E-state index in [0.717, 1.165) is 6.20 Å². The van der Waals surface area contributed by atoms with Gasteiger partial charge < -0.3 is 10.0 Å². The van der Waals surface area contributed by atoms with Crippen molar-refractivity contribution in [3.63, 3.8) is 0 Å². The second-order valence-electron chi connectivity index (χ2n) is 6.83. The first-order valence-electron chi connectivity index (χ1n) is 8.77. The fourth-order valence-corrected chi connectivity index (χ4v) is 3.34. The van der Waals surface area contributed by atoms with E-state index >= 15 is 0 Å². The molecule has 152 valence electrons. The summed E-state index contributed by atoms with van der Waals surface area (Å²) in [6.45, 7) is 0.688. The molecule has 1 aromatic carbocycles. The van der Waals surface area contributed by atoms with Gasteiger partial charge in [-0.15, -0.1) is 15.3 Å². The molecule has 0 bridgehead atoms. The maximum atomic E-state index is 13.2. The van der Waals surface area contributed by atoms with Crippen molar-refractivity contribution in [3.05, 3.63) is 47.3 Å². The number of nitrogens with zero attached hydrogens (tertiary/aromatic N) is 6. The Morgan fingerprint density at radius 1 is 1.17 bits per heavy atom. The van der Waals surface area contributed by atoms with Gasteiger partial charge in [0.25, 0.3) is 5.91 Å². The summed E-state index contributed by atoms with van der Waals surface area (Å²) in [5.74, 6) is -1.56. The molecule has 0 saturated carbocycles. The van der Waals surface area contributed by atoms with E-state index in [9.17, 15) is 22.8 Å². The third-order valence-electron chi connectivity index (χ3n) is 5.01. The number of likely N-dealkylation sites (tertiary alicyclic amines) is 1. The summed E-state index contributed by atoms with van der Waals surface area (Å²) >= 11 is 0. The Kier molecular flexibility index (Phi) is 4.35. The van der Waals surface area contributed by atoms with E-state index in [4.69, 9.17) is 5.11 Å². The van der Waals surface area contributed by atoms with Gasteiger partial charge >= 0.3 is 17.8 Å². The number of aromatic carboxylic acids is 1. The van der Waals surface area contributed by atoms with Gasteiger partial charge in [0.1, 0.15) is 0 Å². The average molecular weight is 408 g/mol. The molecular weight excluding hydrogens is 393 g/mol. The molecule has 0 atom stereocenters. The molecule has 4 rings (SSSR count). The van der Waals surface area contributed by atoms with Crippen molar-refractivity contribution >= 4 is 11.9 Å². The molecule has 0 radical (unpaired) electrons. The first-order chi connectivity index (χ1) is 13.7. The van der Waals surface area contributed by atoms with Gasteiger partial charge in [-0.25, -0.2) is 4.79 Å². The SMILES string of the molecule is O=C(O)c1cnn(C2CCN(C(=O)c3cccc(C4(C(F)(F)F)N=N4)c3)CC2)n1. The van der Waals surface area contributed by atoms with Gasteiger partial charge in [0.15, 0.2) is 5.69 Å². The molecule has 9 nitrogen and oxygen atoms in total. The monoisotopic (exact) mass is 408 g/mol. The number of carboxylic acid groups (broad SMARTS) is 1. The van der Waals surface area contributed by atoms with E-state index in [1.807, 2.05) is 0 Å². The number of carboxylic acids is 1. The lowest BCUT2D eigenvalue weighted by Gasteiger charge is -2.31. The molecule has 0 aliphatic carbocycles. The Morgan fingerprint density at radius 3 is 2.41 bits per heavy atom. The zero-order chi connectivity index (χ0) is 20.8. The van der Waals surface area contributed by atoms with Crippen LogP contribution in [0.15, 0.2) is 40.7 Å². The number of aromatic nitrogens is 3. The van der Waals surface area contributed by atoms with E-state index in [1.165, 1.54) is 29.1 Å². The first kappa shape index (κ1) is 19.0. The third-order valence-corrected chi connectivity index (χ3v) is 5.01. The normalized spacial score (nSPS) is 18.7. The molecule has 29 heavy (non-hydrogen) atoms. The minimum absolute atomic E-state index is 0.132. The predicted octanol–water partition coefficient (Wildman–Crippen LogP) is 2.63. The van der Waals surface area contributed by atoms with Crippen LogP contribution in [0.25, 0.3) is 0 Å². The molecule has 1 amide bonds. The molecule has 1 saturated heterocycles. The van der Waals surface area contributed by atoms with Gasteiger partial charge in [-0.05, 0) is 25.0 Å². The highest BCUT2D eigenvalue weighted by atomic mass is 19.4. The molecule has 3 heterocycles. The zero-order valence-electron chi connectivity index (χ0n) is 14.9. The molecular formula is C17H15F3N6O3. The van der Waals surface area contributed by atoms with Crippen molar-refractivity contribution in [2.45, 2.75) is 30.7 Å². The molecule has 2 aromatic rings. The highest BCUT2D eigenvalue weighted by Gasteiger charge is 2.65. The lowest BCUT2D eigenvalue weighted by Crippen LogP contribution is -2.39. The van der Waals surface area contributed by atoms with E-state index in [1.54, 1.807) is 4.90 Å². The van der Waals surface area contributed by atoms with Crippen molar-refractivity contribution in [1.29, 1.82) is 0 Å². The van der Waals surface area contributed by atoms with Crippen LogP contribution in [0.5, 0.6) is 0 Å². The Bertz CT molecular complexity index is 988. The predicted molar refractivity (Wildman–Crippen MR) is 90.2 cm³/mol. The van der Waals surface area contributed by atoms with E-state index < -0.39 is 17.8 Å². The van der Waals surface area contributed by atoms with Crippen molar-refractivity contribution in [1.82, 2.24) is 19.9 Å². The van der Waals surface area contributed by atoms with Gasteiger partial charge in [0, 0.05) is 24.2 Å². The van der Waals surface area contributed by atoms with Gasteiger partial charge in [-0.2, -0.15) is 23.1 Å². The molecule has 1 N–H and O–H groups in total. The fourth-order valence-electron chi connectivity index (χ4n) is 3.34. The number of rotatable bonds is 4. The molecule has 1 fully saturated rings. The van der Waals surface area contributed by atoms with Crippen molar-refractivity contribution in [2.24, 2.45) is 10.2 Å². The van der Waals surface area contributed by atoms with Crippen molar-refractivity contribution in [3.8, 4) is 0 Å². The van der Waals surface area contributed by atoms with Crippen LogP contribution in [0.2, 0.25) is 0 Å². The Hall–Kier alpha value is -3.31. The Morgan fingerprint density at radius 2 is 1.86 bits per heavy atom. The van der Waals surface area contributed by atoms with Crippen LogP contribution < -0.4 is 0 Å². The topological polar surface area (TPSA) is 113 Å². The van der Waals surface area contributed by atoms with Crippen LogP contribution >= 0.6 is 0 Å². The third kappa shape index (κ3) is 3.34. The molecule has 2 aliphatic heterocycles. The second-order valence-corrected chi connectivity index (χ2v) is 6.83. The number of carbonyl (C=O) groups excluding carboxylic acids is 1. The number of benzene rings is 1. The molecule has 0 unspecified atom stereocenters. The second kappa shape index (κ2) is 6.64. The molecule has 2 aliphatic rings. The fraction of sp³-hybridized carbons (Fsp3) is 0.412.